The van der Waals surface area contributed by atoms with Crippen LogP contribution in [0.25, 0.3) is 16.8 Å². The van der Waals surface area contributed by atoms with Crippen LogP contribution >= 0.6 is 11.6 Å². The summed E-state index contributed by atoms with van der Waals surface area (Å²) in [7, 11) is 4.48. The molecule has 4 aromatic rings. The van der Waals surface area contributed by atoms with Gasteiger partial charge in [-0.3, -0.25) is 4.79 Å². The summed E-state index contributed by atoms with van der Waals surface area (Å²) in [5, 5.41) is 0.508. The molecule has 0 aliphatic rings. The zero-order chi connectivity index (χ0) is 23.5. The van der Waals surface area contributed by atoms with Crippen molar-refractivity contribution in [2.24, 2.45) is 0 Å². The lowest BCUT2D eigenvalue weighted by atomic mass is 9.97. The number of halogens is 2. The third kappa shape index (κ3) is 4.30. The molecule has 0 saturated heterocycles. The number of carbonyl (C=O) groups excluding carboxylic acids is 1. The molecule has 33 heavy (non-hydrogen) atoms. The molecule has 5 nitrogen and oxygen atoms in total. The summed E-state index contributed by atoms with van der Waals surface area (Å²) in [5.41, 5.74) is 2.82. The number of benzene rings is 3. The highest BCUT2D eigenvalue weighted by atomic mass is 35.5. The van der Waals surface area contributed by atoms with E-state index in [-0.39, 0.29) is 11.6 Å². The first-order valence-corrected chi connectivity index (χ1v) is 10.4. The van der Waals surface area contributed by atoms with Gasteiger partial charge in [0.05, 0.1) is 21.3 Å². The van der Waals surface area contributed by atoms with Gasteiger partial charge in [-0.15, -0.1) is 0 Å². The minimum atomic E-state index is -0.342. The van der Waals surface area contributed by atoms with Crippen molar-refractivity contribution in [1.82, 2.24) is 4.57 Å². The highest BCUT2D eigenvalue weighted by Gasteiger charge is 2.23. The van der Waals surface area contributed by atoms with Crippen LogP contribution in [-0.2, 0) is 0 Å². The molecular formula is C26H21ClFNO4. The van der Waals surface area contributed by atoms with E-state index < -0.39 is 0 Å². The molecule has 7 heteroatoms. The molecule has 0 amide bonds. The summed E-state index contributed by atoms with van der Waals surface area (Å²) in [6, 6.07) is 16.5. The molecule has 0 bridgehead atoms. The highest BCUT2D eigenvalue weighted by molar-refractivity contribution is 6.33. The number of methoxy groups -OCH3 is 3. The predicted octanol–water partition coefficient (Wildman–Crippen LogP) is 6.19. The zero-order valence-corrected chi connectivity index (χ0v) is 19.0. The minimum absolute atomic E-state index is 0.259. The average Bonchev–Trinajstić information content (AvgIpc) is 3.28. The second kappa shape index (κ2) is 9.38. The van der Waals surface area contributed by atoms with Gasteiger partial charge in [-0.25, -0.2) is 4.39 Å². The normalized spacial score (nSPS) is 10.7. The van der Waals surface area contributed by atoms with Crippen molar-refractivity contribution >= 4 is 17.4 Å². The van der Waals surface area contributed by atoms with Crippen LogP contribution in [0.5, 0.6) is 17.2 Å². The van der Waals surface area contributed by atoms with Crippen LogP contribution in [-0.4, -0.2) is 31.7 Å². The second-order valence-corrected chi connectivity index (χ2v) is 7.60. The van der Waals surface area contributed by atoms with Crippen LogP contribution in [0.15, 0.2) is 73.1 Å². The molecule has 0 unspecified atom stereocenters. The van der Waals surface area contributed by atoms with Gasteiger partial charge in [0.15, 0.2) is 17.3 Å². The Morgan fingerprint density at radius 3 is 2.06 bits per heavy atom. The summed E-state index contributed by atoms with van der Waals surface area (Å²) in [6.45, 7) is 0. The van der Waals surface area contributed by atoms with Gasteiger partial charge in [0.25, 0.3) is 0 Å². The molecule has 1 aromatic heterocycles. The monoisotopic (exact) mass is 465 g/mol. The third-order valence-corrected chi connectivity index (χ3v) is 5.62. The average molecular weight is 466 g/mol. The van der Waals surface area contributed by atoms with E-state index in [9.17, 15) is 9.18 Å². The maximum absolute atomic E-state index is 13.7. The van der Waals surface area contributed by atoms with Gasteiger partial charge in [-0.2, -0.15) is 0 Å². The topological polar surface area (TPSA) is 49.7 Å². The SMILES string of the molecule is COc1cc(C(=O)c2cn(-c3ccc(F)cc3)cc2-c2ccccc2Cl)cc(OC)c1OC. The Morgan fingerprint density at radius 1 is 0.848 bits per heavy atom. The summed E-state index contributed by atoms with van der Waals surface area (Å²) < 4.78 is 31.4. The van der Waals surface area contributed by atoms with Crippen molar-refractivity contribution < 1.29 is 23.4 Å². The first kappa shape index (κ1) is 22.4. The Balaban J connectivity index is 1.90. The maximum atomic E-state index is 13.7. The fourth-order valence-electron chi connectivity index (χ4n) is 3.66. The standard InChI is InChI=1S/C26H21ClFNO4/c1-31-23-12-16(13-24(32-2)26(23)33-3)25(30)21-15-29(18-10-8-17(28)9-11-18)14-20(21)19-6-4-5-7-22(19)27/h4-15H,1-3H3. The lowest BCUT2D eigenvalue weighted by Gasteiger charge is -2.14. The molecular weight excluding hydrogens is 445 g/mol. The third-order valence-electron chi connectivity index (χ3n) is 5.29. The molecule has 3 aromatic carbocycles. The number of rotatable bonds is 7. The number of hydrogen-bond acceptors (Lipinski definition) is 4. The van der Waals surface area contributed by atoms with Gasteiger partial charge in [-0.1, -0.05) is 29.8 Å². The van der Waals surface area contributed by atoms with Gasteiger partial charge in [0.1, 0.15) is 5.82 Å². The summed E-state index contributed by atoms with van der Waals surface area (Å²) >= 11 is 6.47. The number of ether oxygens (including phenoxy) is 3. The van der Waals surface area contributed by atoms with E-state index >= 15 is 0 Å². The Labute approximate surface area is 195 Å². The van der Waals surface area contributed by atoms with E-state index in [2.05, 4.69) is 0 Å². The van der Waals surface area contributed by atoms with E-state index in [1.807, 2.05) is 18.2 Å². The van der Waals surface area contributed by atoms with Crippen molar-refractivity contribution in [1.29, 1.82) is 0 Å². The molecule has 0 fully saturated rings. The number of nitrogens with zero attached hydrogens (tertiary/aromatic N) is 1. The molecule has 1 heterocycles. The Bertz CT molecular complexity index is 1290. The number of aromatic nitrogens is 1. The lowest BCUT2D eigenvalue weighted by molar-refractivity contribution is 0.103. The molecule has 0 atom stereocenters. The minimum Gasteiger partial charge on any atom is -0.493 e. The van der Waals surface area contributed by atoms with Gasteiger partial charge in [0.2, 0.25) is 5.75 Å². The molecule has 0 N–H and O–H groups in total. The van der Waals surface area contributed by atoms with Crippen molar-refractivity contribution in [3.63, 3.8) is 0 Å². The lowest BCUT2D eigenvalue weighted by Crippen LogP contribution is -2.05. The first-order valence-electron chi connectivity index (χ1n) is 10.0. The van der Waals surface area contributed by atoms with Crippen LogP contribution < -0.4 is 14.2 Å². The van der Waals surface area contributed by atoms with Crippen LogP contribution in [0.4, 0.5) is 4.39 Å². The van der Waals surface area contributed by atoms with Crippen molar-refractivity contribution in [2.45, 2.75) is 0 Å². The van der Waals surface area contributed by atoms with Crippen LogP contribution in [0, 0.1) is 5.82 Å². The molecule has 4 rings (SSSR count). The molecule has 168 valence electrons. The maximum Gasteiger partial charge on any atom is 0.203 e. The Hall–Kier alpha value is -3.77. The number of ketones is 1. The van der Waals surface area contributed by atoms with Gasteiger partial charge in [0, 0.05) is 45.4 Å². The summed E-state index contributed by atoms with van der Waals surface area (Å²) in [5.74, 6) is 0.540. The van der Waals surface area contributed by atoms with E-state index in [1.165, 1.54) is 33.5 Å². The first-order chi connectivity index (χ1) is 16.0. The second-order valence-electron chi connectivity index (χ2n) is 7.19. The van der Waals surface area contributed by atoms with Gasteiger partial charge in [-0.05, 0) is 42.5 Å². The largest absolute Gasteiger partial charge is 0.493 e. The Kier molecular flexibility index (Phi) is 6.38. The van der Waals surface area contributed by atoms with Gasteiger partial charge >= 0.3 is 0 Å². The smallest absolute Gasteiger partial charge is 0.203 e. The van der Waals surface area contributed by atoms with E-state index in [0.29, 0.717) is 50.2 Å². The fourth-order valence-corrected chi connectivity index (χ4v) is 3.90. The quantitative estimate of drug-likeness (QED) is 0.305. The van der Waals surface area contributed by atoms with Crippen LogP contribution in [0.1, 0.15) is 15.9 Å². The van der Waals surface area contributed by atoms with Crippen molar-refractivity contribution in [3.8, 4) is 34.1 Å². The van der Waals surface area contributed by atoms with Gasteiger partial charge < -0.3 is 18.8 Å². The molecule has 0 saturated carbocycles. The fraction of sp³-hybridized carbons (Fsp3) is 0.115. The predicted molar refractivity (Wildman–Crippen MR) is 126 cm³/mol. The molecule has 0 radical (unpaired) electrons. The number of hydrogen-bond donors (Lipinski definition) is 0. The van der Waals surface area contributed by atoms with Crippen LogP contribution in [0.3, 0.4) is 0 Å². The van der Waals surface area contributed by atoms with Crippen molar-refractivity contribution in [2.75, 3.05) is 21.3 Å². The van der Waals surface area contributed by atoms with Crippen molar-refractivity contribution in [3.05, 3.63) is 95.0 Å². The van der Waals surface area contributed by atoms with E-state index in [1.54, 1.807) is 47.3 Å². The van der Waals surface area contributed by atoms with E-state index in [4.69, 9.17) is 25.8 Å². The molecule has 0 aliphatic carbocycles. The zero-order valence-electron chi connectivity index (χ0n) is 18.3. The van der Waals surface area contributed by atoms with Crippen LogP contribution in [0.2, 0.25) is 5.02 Å². The summed E-state index contributed by atoms with van der Waals surface area (Å²) in [6.07, 6.45) is 3.51. The van der Waals surface area contributed by atoms with E-state index in [0.717, 1.165) is 0 Å². The number of carbonyl (C=O) groups is 1. The molecule has 0 spiro atoms. The highest BCUT2D eigenvalue weighted by Crippen LogP contribution is 2.40. The Morgan fingerprint density at radius 2 is 1.48 bits per heavy atom. The summed E-state index contributed by atoms with van der Waals surface area (Å²) in [4.78, 5) is 13.7. The molecule has 0 aliphatic heterocycles.